The first kappa shape index (κ1) is 14.7. The van der Waals surface area contributed by atoms with Gasteiger partial charge in [-0.2, -0.15) is 0 Å². The molecule has 2 heteroatoms. The van der Waals surface area contributed by atoms with Crippen LogP contribution >= 0.6 is 0 Å². The van der Waals surface area contributed by atoms with E-state index in [0.717, 1.165) is 18.4 Å². The standard InChI is InChI=1S/C16H24O2/c1-3-4-5-9-12-16(2,13-15(17)18)14-10-7-6-8-11-14/h6-8,10-11H,3-5,9,12-13H2,1-2H3,(H,17,18). The van der Waals surface area contributed by atoms with Gasteiger partial charge in [0.05, 0.1) is 6.42 Å². The Morgan fingerprint density at radius 3 is 2.39 bits per heavy atom. The largest absolute Gasteiger partial charge is 0.481 e. The average molecular weight is 248 g/mol. The maximum absolute atomic E-state index is 11.1. The van der Waals surface area contributed by atoms with Crippen molar-refractivity contribution in [2.75, 3.05) is 0 Å². The van der Waals surface area contributed by atoms with Crippen molar-refractivity contribution in [2.24, 2.45) is 0 Å². The van der Waals surface area contributed by atoms with Crippen LogP contribution in [0.25, 0.3) is 0 Å². The molecule has 0 amide bonds. The van der Waals surface area contributed by atoms with Gasteiger partial charge >= 0.3 is 5.97 Å². The minimum absolute atomic E-state index is 0.211. The summed E-state index contributed by atoms with van der Waals surface area (Å²) in [5.41, 5.74) is 0.907. The van der Waals surface area contributed by atoms with E-state index in [-0.39, 0.29) is 11.8 Å². The molecule has 1 unspecified atom stereocenters. The number of unbranched alkanes of at least 4 members (excludes halogenated alkanes) is 3. The Balaban J connectivity index is 2.72. The van der Waals surface area contributed by atoms with Gasteiger partial charge in [-0.15, -0.1) is 0 Å². The lowest BCUT2D eigenvalue weighted by atomic mass is 9.75. The van der Waals surface area contributed by atoms with Gasteiger partial charge < -0.3 is 5.11 Å². The Kier molecular flexibility index (Phi) is 5.90. The van der Waals surface area contributed by atoms with Crippen molar-refractivity contribution in [3.05, 3.63) is 35.9 Å². The van der Waals surface area contributed by atoms with Gasteiger partial charge in [0.1, 0.15) is 0 Å². The van der Waals surface area contributed by atoms with E-state index in [1.54, 1.807) is 0 Å². The van der Waals surface area contributed by atoms with E-state index in [1.807, 2.05) is 30.3 Å². The van der Waals surface area contributed by atoms with Gasteiger partial charge in [0.15, 0.2) is 0 Å². The molecule has 0 saturated carbocycles. The third-order valence-corrected chi connectivity index (χ3v) is 3.59. The van der Waals surface area contributed by atoms with Crippen LogP contribution in [0.1, 0.15) is 57.9 Å². The summed E-state index contributed by atoms with van der Waals surface area (Å²) in [4.78, 5) is 11.1. The van der Waals surface area contributed by atoms with Gasteiger partial charge in [-0.05, 0) is 12.0 Å². The second kappa shape index (κ2) is 7.20. The Bertz CT molecular complexity index is 359. The molecule has 0 fully saturated rings. The zero-order chi connectivity index (χ0) is 13.4. The molecule has 1 atom stereocenters. The smallest absolute Gasteiger partial charge is 0.304 e. The van der Waals surface area contributed by atoms with Crippen LogP contribution in [0.5, 0.6) is 0 Å². The monoisotopic (exact) mass is 248 g/mol. The first-order valence-corrected chi connectivity index (χ1v) is 6.86. The summed E-state index contributed by atoms with van der Waals surface area (Å²) in [6.07, 6.45) is 5.90. The van der Waals surface area contributed by atoms with Gasteiger partial charge in [-0.1, -0.05) is 69.9 Å². The summed E-state index contributed by atoms with van der Waals surface area (Å²) in [6, 6.07) is 10.0. The van der Waals surface area contributed by atoms with E-state index in [4.69, 9.17) is 5.11 Å². The van der Waals surface area contributed by atoms with Crippen molar-refractivity contribution in [3.63, 3.8) is 0 Å². The molecule has 18 heavy (non-hydrogen) atoms. The molecule has 1 rings (SSSR count). The summed E-state index contributed by atoms with van der Waals surface area (Å²) in [6.45, 7) is 4.26. The number of carboxylic acids is 1. The molecule has 0 aliphatic carbocycles. The fraction of sp³-hybridized carbons (Fsp3) is 0.562. The first-order valence-electron chi connectivity index (χ1n) is 6.86. The molecule has 0 spiro atoms. The van der Waals surface area contributed by atoms with Gasteiger partial charge in [0.2, 0.25) is 0 Å². The molecule has 0 aliphatic heterocycles. The zero-order valence-electron chi connectivity index (χ0n) is 11.5. The molecule has 0 heterocycles. The highest BCUT2D eigenvalue weighted by molar-refractivity contribution is 5.69. The molecular weight excluding hydrogens is 224 g/mol. The van der Waals surface area contributed by atoms with Crippen LogP contribution in [0.4, 0.5) is 0 Å². The number of rotatable bonds is 8. The van der Waals surface area contributed by atoms with Crippen molar-refractivity contribution < 1.29 is 9.90 Å². The van der Waals surface area contributed by atoms with Crippen LogP contribution in [-0.2, 0) is 10.2 Å². The van der Waals surface area contributed by atoms with Crippen LogP contribution < -0.4 is 0 Å². The molecule has 0 aromatic heterocycles. The minimum atomic E-state index is -0.711. The van der Waals surface area contributed by atoms with E-state index >= 15 is 0 Å². The van der Waals surface area contributed by atoms with Crippen LogP contribution in [0, 0.1) is 0 Å². The molecule has 0 radical (unpaired) electrons. The quantitative estimate of drug-likeness (QED) is 0.693. The zero-order valence-corrected chi connectivity index (χ0v) is 11.5. The second-order valence-corrected chi connectivity index (χ2v) is 5.31. The van der Waals surface area contributed by atoms with Crippen molar-refractivity contribution in [1.82, 2.24) is 0 Å². The summed E-state index contributed by atoms with van der Waals surface area (Å²) in [5.74, 6) is -0.711. The molecule has 100 valence electrons. The average Bonchev–Trinajstić information content (AvgIpc) is 2.35. The minimum Gasteiger partial charge on any atom is -0.481 e. The molecular formula is C16H24O2. The molecule has 1 aromatic rings. The SMILES string of the molecule is CCCCCCC(C)(CC(=O)O)c1ccccc1. The molecule has 0 saturated heterocycles. The summed E-state index contributed by atoms with van der Waals surface area (Å²) >= 11 is 0. The molecule has 1 N–H and O–H groups in total. The highest BCUT2D eigenvalue weighted by Crippen LogP contribution is 2.33. The van der Waals surface area contributed by atoms with Crippen LogP contribution in [-0.4, -0.2) is 11.1 Å². The predicted octanol–water partition coefficient (Wildman–Crippen LogP) is 4.39. The van der Waals surface area contributed by atoms with Crippen LogP contribution in [0.3, 0.4) is 0 Å². The number of hydrogen-bond donors (Lipinski definition) is 1. The third-order valence-electron chi connectivity index (χ3n) is 3.59. The van der Waals surface area contributed by atoms with Crippen molar-refractivity contribution in [2.45, 2.75) is 57.8 Å². The number of hydrogen-bond acceptors (Lipinski definition) is 1. The van der Waals surface area contributed by atoms with Gasteiger partial charge in [0.25, 0.3) is 0 Å². The van der Waals surface area contributed by atoms with Gasteiger partial charge in [-0.25, -0.2) is 0 Å². The van der Waals surface area contributed by atoms with Gasteiger partial charge in [0, 0.05) is 5.41 Å². The third kappa shape index (κ3) is 4.52. The molecule has 0 bridgehead atoms. The summed E-state index contributed by atoms with van der Waals surface area (Å²) in [7, 11) is 0. The Labute approximate surface area is 110 Å². The lowest BCUT2D eigenvalue weighted by Gasteiger charge is -2.28. The summed E-state index contributed by atoms with van der Waals surface area (Å²) < 4.78 is 0. The number of aliphatic carboxylic acids is 1. The van der Waals surface area contributed by atoms with Crippen molar-refractivity contribution in [3.8, 4) is 0 Å². The maximum Gasteiger partial charge on any atom is 0.304 e. The number of carboxylic acid groups (broad SMARTS) is 1. The predicted molar refractivity (Wildman–Crippen MR) is 74.8 cm³/mol. The van der Waals surface area contributed by atoms with E-state index < -0.39 is 5.97 Å². The number of benzene rings is 1. The Hall–Kier alpha value is -1.31. The fourth-order valence-corrected chi connectivity index (χ4v) is 2.45. The highest BCUT2D eigenvalue weighted by Gasteiger charge is 2.28. The van der Waals surface area contributed by atoms with Crippen LogP contribution in [0.15, 0.2) is 30.3 Å². The topological polar surface area (TPSA) is 37.3 Å². The molecule has 2 nitrogen and oxygen atoms in total. The van der Waals surface area contributed by atoms with E-state index in [2.05, 4.69) is 13.8 Å². The number of carbonyl (C=O) groups is 1. The van der Waals surface area contributed by atoms with Gasteiger partial charge in [-0.3, -0.25) is 4.79 Å². The second-order valence-electron chi connectivity index (χ2n) is 5.31. The van der Waals surface area contributed by atoms with Crippen LogP contribution in [0.2, 0.25) is 0 Å². The molecule has 1 aromatic carbocycles. The first-order chi connectivity index (χ1) is 8.58. The Morgan fingerprint density at radius 2 is 1.83 bits per heavy atom. The maximum atomic E-state index is 11.1. The lowest BCUT2D eigenvalue weighted by molar-refractivity contribution is -0.138. The fourth-order valence-electron chi connectivity index (χ4n) is 2.45. The summed E-state index contributed by atoms with van der Waals surface area (Å²) in [5, 5.41) is 9.11. The van der Waals surface area contributed by atoms with E-state index in [0.29, 0.717) is 0 Å². The normalized spacial score (nSPS) is 14.1. The Morgan fingerprint density at radius 1 is 1.17 bits per heavy atom. The molecule has 0 aliphatic rings. The van der Waals surface area contributed by atoms with E-state index in [1.165, 1.54) is 19.3 Å². The van der Waals surface area contributed by atoms with Crippen molar-refractivity contribution in [1.29, 1.82) is 0 Å². The highest BCUT2D eigenvalue weighted by atomic mass is 16.4. The lowest BCUT2D eigenvalue weighted by Crippen LogP contribution is -2.25. The van der Waals surface area contributed by atoms with Crippen molar-refractivity contribution >= 4 is 5.97 Å². The van der Waals surface area contributed by atoms with E-state index in [9.17, 15) is 4.79 Å².